The lowest BCUT2D eigenvalue weighted by molar-refractivity contribution is -0.131. The van der Waals surface area contributed by atoms with Gasteiger partial charge in [-0.3, -0.25) is 9.59 Å². The zero-order valence-corrected chi connectivity index (χ0v) is 15.8. The third kappa shape index (κ3) is 3.73. The maximum absolute atomic E-state index is 12.7. The van der Waals surface area contributed by atoms with Crippen LogP contribution in [-0.4, -0.2) is 29.3 Å². The van der Waals surface area contributed by atoms with Crippen LogP contribution in [0.15, 0.2) is 18.2 Å². The summed E-state index contributed by atoms with van der Waals surface area (Å²) in [7, 11) is 0. The van der Waals surface area contributed by atoms with E-state index in [0.29, 0.717) is 30.8 Å². The second kappa shape index (κ2) is 7.19. The SMILES string of the molecule is Cc1ccc(NC(=O)[C@H]2CC(=O)N([C@@H]3CCC[C@H](C)[C@@H]3C)C2)c(C)c1. The van der Waals surface area contributed by atoms with Gasteiger partial charge in [0.2, 0.25) is 11.8 Å². The molecule has 4 nitrogen and oxygen atoms in total. The smallest absolute Gasteiger partial charge is 0.229 e. The van der Waals surface area contributed by atoms with E-state index in [0.717, 1.165) is 17.7 Å². The Morgan fingerprint density at radius 2 is 1.96 bits per heavy atom. The lowest BCUT2D eigenvalue weighted by Gasteiger charge is -2.40. The highest BCUT2D eigenvalue weighted by Gasteiger charge is 2.41. The van der Waals surface area contributed by atoms with E-state index >= 15 is 0 Å². The van der Waals surface area contributed by atoms with Crippen LogP contribution in [0.2, 0.25) is 0 Å². The predicted octanol–water partition coefficient (Wildman–Crippen LogP) is 3.92. The first-order chi connectivity index (χ1) is 11.9. The molecule has 4 atom stereocenters. The minimum Gasteiger partial charge on any atom is -0.339 e. The molecule has 25 heavy (non-hydrogen) atoms. The number of amides is 2. The van der Waals surface area contributed by atoms with Crippen molar-refractivity contribution >= 4 is 17.5 Å². The van der Waals surface area contributed by atoms with E-state index in [1.165, 1.54) is 18.4 Å². The number of aryl methyl sites for hydroxylation is 2. The minimum absolute atomic E-state index is 0.0284. The Morgan fingerprint density at radius 3 is 2.68 bits per heavy atom. The molecule has 1 aromatic carbocycles. The van der Waals surface area contributed by atoms with Gasteiger partial charge >= 0.3 is 0 Å². The van der Waals surface area contributed by atoms with Gasteiger partial charge in [0.15, 0.2) is 0 Å². The molecular weight excluding hydrogens is 312 g/mol. The number of carbonyl (C=O) groups is 2. The van der Waals surface area contributed by atoms with Gasteiger partial charge in [0.05, 0.1) is 5.92 Å². The van der Waals surface area contributed by atoms with Crippen LogP contribution in [0.5, 0.6) is 0 Å². The van der Waals surface area contributed by atoms with Crippen molar-refractivity contribution in [3.8, 4) is 0 Å². The highest BCUT2D eigenvalue weighted by atomic mass is 16.2. The Kier molecular flexibility index (Phi) is 5.16. The molecule has 136 valence electrons. The second-order valence-corrected chi connectivity index (χ2v) is 8.09. The van der Waals surface area contributed by atoms with Crippen LogP contribution in [-0.2, 0) is 9.59 Å². The van der Waals surface area contributed by atoms with Crippen molar-refractivity contribution in [1.82, 2.24) is 4.90 Å². The first-order valence-corrected chi connectivity index (χ1v) is 9.54. The zero-order chi connectivity index (χ0) is 18.1. The molecule has 0 radical (unpaired) electrons. The summed E-state index contributed by atoms with van der Waals surface area (Å²) in [5.74, 6) is 1.04. The predicted molar refractivity (Wildman–Crippen MR) is 100 cm³/mol. The topological polar surface area (TPSA) is 49.4 Å². The minimum atomic E-state index is -0.238. The van der Waals surface area contributed by atoms with Gasteiger partial charge in [-0.1, -0.05) is 44.4 Å². The molecule has 1 aliphatic carbocycles. The quantitative estimate of drug-likeness (QED) is 0.905. The van der Waals surface area contributed by atoms with Gasteiger partial charge in [0, 0.05) is 24.7 Å². The number of likely N-dealkylation sites (tertiary alicyclic amines) is 1. The van der Waals surface area contributed by atoms with Gasteiger partial charge in [0.1, 0.15) is 0 Å². The van der Waals surface area contributed by atoms with Crippen LogP contribution < -0.4 is 5.32 Å². The van der Waals surface area contributed by atoms with Crippen LogP contribution >= 0.6 is 0 Å². The molecule has 1 N–H and O–H groups in total. The van der Waals surface area contributed by atoms with Gasteiger partial charge in [0.25, 0.3) is 0 Å². The first kappa shape index (κ1) is 18.0. The van der Waals surface area contributed by atoms with Crippen LogP contribution in [0.1, 0.15) is 50.7 Å². The molecule has 0 spiro atoms. The average Bonchev–Trinajstić information content (AvgIpc) is 2.94. The molecule has 2 fully saturated rings. The molecule has 0 unspecified atom stereocenters. The molecular formula is C21H30N2O2. The summed E-state index contributed by atoms with van der Waals surface area (Å²) in [6.45, 7) is 9.14. The maximum atomic E-state index is 12.7. The number of nitrogens with zero attached hydrogens (tertiary/aromatic N) is 1. The summed E-state index contributed by atoms with van der Waals surface area (Å²) >= 11 is 0. The van der Waals surface area contributed by atoms with Gasteiger partial charge in [-0.2, -0.15) is 0 Å². The second-order valence-electron chi connectivity index (χ2n) is 8.09. The molecule has 1 saturated carbocycles. The number of hydrogen-bond acceptors (Lipinski definition) is 2. The van der Waals surface area contributed by atoms with E-state index in [9.17, 15) is 9.59 Å². The highest BCUT2D eigenvalue weighted by Crippen LogP contribution is 2.36. The Balaban J connectivity index is 1.66. The largest absolute Gasteiger partial charge is 0.339 e. The van der Waals surface area contributed by atoms with Crippen LogP contribution in [0.4, 0.5) is 5.69 Å². The van der Waals surface area contributed by atoms with Crippen molar-refractivity contribution in [3.05, 3.63) is 29.3 Å². The summed E-state index contributed by atoms with van der Waals surface area (Å²) in [6, 6.07) is 6.31. The lowest BCUT2D eigenvalue weighted by Crippen LogP contribution is -2.45. The van der Waals surface area contributed by atoms with Gasteiger partial charge in [-0.25, -0.2) is 0 Å². The number of rotatable bonds is 3. The summed E-state index contributed by atoms with van der Waals surface area (Å²) in [4.78, 5) is 27.2. The molecule has 2 aliphatic rings. The third-order valence-electron chi connectivity index (χ3n) is 6.23. The number of carbonyl (C=O) groups excluding carboxylic acids is 2. The van der Waals surface area contributed by atoms with Crippen molar-refractivity contribution in [3.63, 3.8) is 0 Å². The number of hydrogen-bond donors (Lipinski definition) is 1. The average molecular weight is 342 g/mol. The fraction of sp³-hybridized carbons (Fsp3) is 0.619. The fourth-order valence-electron chi connectivity index (χ4n) is 4.41. The molecule has 1 saturated heterocycles. The van der Waals surface area contributed by atoms with Crippen molar-refractivity contribution in [2.24, 2.45) is 17.8 Å². The molecule has 1 aromatic rings. The molecule has 1 aliphatic heterocycles. The maximum Gasteiger partial charge on any atom is 0.229 e. The summed E-state index contributed by atoms with van der Waals surface area (Å²) < 4.78 is 0. The summed E-state index contributed by atoms with van der Waals surface area (Å²) in [6.07, 6.45) is 3.84. The van der Waals surface area contributed by atoms with E-state index in [-0.39, 0.29) is 17.7 Å². The van der Waals surface area contributed by atoms with E-state index in [1.807, 2.05) is 30.9 Å². The van der Waals surface area contributed by atoms with Crippen molar-refractivity contribution in [2.75, 3.05) is 11.9 Å². The van der Waals surface area contributed by atoms with Gasteiger partial charge < -0.3 is 10.2 Å². The Labute approximate surface area is 151 Å². The van der Waals surface area contributed by atoms with Gasteiger partial charge in [-0.15, -0.1) is 0 Å². The molecule has 0 aromatic heterocycles. The van der Waals surface area contributed by atoms with Crippen LogP contribution in [0.3, 0.4) is 0 Å². The van der Waals surface area contributed by atoms with Crippen LogP contribution in [0, 0.1) is 31.6 Å². The van der Waals surface area contributed by atoms with Crippen LogP contribution in [0.25, 0.3) is 0 Å². The Hall–Kier alpha value is -1.84. The molecule has 3 rings (SSSR count). The summed E-state index contributed by atoms with van der Waals surface area (Å²) in [5, 5.41) is 3.03. The van der Waals surface area contributed by atoms with E-state index < -0.39 is 0 Å². The first-order valence-electron chi connectivity index (χ1n) is 9.54. The Bertz CT molecular complexity index is 670. The molecule has 1 heterocycles. The third-order valence-corrected chi connectivity index (χ3v) is 6.23. The number of benzene rings is 1. The normalized spacial score (nSPS) is 29.8. The standard InChI is InChI=1S/C21H30N2O2/c1-13-8-9-18(15(3)10-13)22-21(25)17-11-20(24)23(12-17)19-7-5-6-14(2)16(19)4/h8-10,14,16-17,19H,5-7,11-12H2,1-4H3,(H,22,25)/t14-,16-,17-,19+/m0/s1. The Morgan fingerprint density at radius 1 is 1.20 bits per heavy atom. The molecule has 0 bridgehead atoms. The monoisotopic (exact) mass is 342 g/mol. The number of anilines is 1. The summed E-state index contributed by atoms with van der Waals surface area (Å²) in [5.41, 5.74) is 3.09. The highest BCUT2D eigenvalue weighted by molar-refractivity contribution is 5.97. The van der Waals surface area contributed by atoms with Crippen molar-refractivity contribution in [2.45, 2.75) is 59.4 Å². The van der Waals surface area contributed by atoms with Crippen molar-refractivity contribution < 1.29 is 9.59 Å². The zero-order valence-electron chi connectivity index (χ0n) is 15.8. The van der Waals surface area contributed by atoms with E-state index in [4.69, 9.17) is 0 Å². The van der Waals surface area contributed by atoms with E-state index in [1.54, 1.807) is 0 Å². The lowest BCUT2D eigenvalue weighted by atomic mass is 9.77. The molecule has 2 amide bonds. The van der Waals surface area contributed by atoms with Crippen molar-refractivity contribution in [1.29, 1.82) is 0 Å². The van der Waals surface area contributed by atoms with E-state index in [2.05, 4.69) is 25.2 Å². The fourth-order valence-corrected chi connectivity index (χ4v) is 4.41. The van der Waals surface area contributed by atoms with Gasteiger partial charge in [-0.05, 0) is 43.7 Å². The molecule has 4 heteroatoms. The number of nitrogens with one attached hydrogen (secondary N) is 1.